The van der Waals surface area contributed by atoms with Gasteiger partial charge in [-0.3, -0.25) is 9.59 Å². The third-order valence-corrected chi connectivity index (χ3v) is 5.02. The lowest BCUT2D eigenvalue weighted by Crippen LogP contribution is -2.22. The van der Waals surface area contributed by atoms with E-state index in [1.165, 1.54) is 13.2 Å². The Labute approximate surface area is 171 Å². The van der Waals surface area contributed by atoms with E-state index in [-0.39, 0.29) is 13.0 Å². The minimum atomic E-state index is -0.628. The molecule has 0 bridgehead atoms. The summed E-state index contributed by atoms with van der Waals surface area (Å²) in [5, 5.41) is 0.759. The van der Waals surface area contributed by atoms with Gasteiger partial charge < -0.3 is 24.4 Å². The predicted molar refractivity (Wildman–Crippen MR) is 107 cm³/mol. The molecule has 2 aromatic carbocycles. The average Bonchev–Trinajstić information content (AvgIpc) is 2.70. The van der Waals surface area contributed by atoms with Crippen molar-refractivity contribution in [3.63, 3.8) is 0 Å². The van der Waals surface area contributed by atoms with E-state index in [1.54, 1.807) is 30.3 Å². The van der Waals surface area contributed by atoms with E-state index in [9.17, 15) is 14.4 Å². The number of carbonyl (C=O) groups is 2. The highest BCUT2D eigenvalue weighted by molar-refractivity contribution is 5.90. The van der Waals surface area contributed by atoms with Gasteiger partial charge in [0, 0.05) is 22.9 Å². The van der Waals surface area contributed by atoms with Gasteiger partial charge in [-0.15, -0.1) is 0 Å². The van der Waals surface area contributed by atoms with Gasteiger partial charge in [-0.25, -0.2) is 4.79 Å². The number of primary amides is 1. The molecule has 3 aromatic rings. The van der Waals surface area contributed by atoms with Crippen LogP contribution in [-0.4, -0.2) is 25.6 Å². The Morgan fingerprint density at radius 2 is 1.97 bits per heavy atom. The molecular formula is C22H19NO7. The number of esters is 1. The van der Waals surface area contributed by atoms with Gasteiger partial charge in [-0.1, -0.05) is 6.07 Å². The molecule has 0 fully saturated rings. The summed E-state index contributed by atoms with van der Waals surface area (Å²) in [7, 11) is 1.48. The Bertz CT molecular complexity index is 1230. The fraction of sp³-hybridized carbons (Fsp3) is 0.227. The molecule has 8 heteroatoms. The number of carbonyl (C=O) groups excluding carboxylic acids is 2. The zero-order valence-corrected chi connectivity index (χ0v) is 16.4. The molecule has 1 aromatic heterocycles. The van der Waals surface area contributed by atoms with Gasteiger partial charge in [0.25, 0.3) is 5.91 Å². The number of fused-ring (bicyclic) bond motifs is 3. The third kappa shape index (κ3) is 3.47. The summed E-state index contributed by atoms with van der Waals surface area (Å²) in [5.74, 6) is -0.412. The van der Waals surface area contributed by atoms with Crippen molar-refractivity contribution in [2.24, 2.45) is 5.73 Å². The maximum Gasteiger partial charge on any atom is 0.336 e. The first-order valence-corrected chi connectivity index (χ1v) is 9.24. The van der Waals surface area contributed by atoms with Crippen molar-refractivity contribution < 1.29 is 28.2 Å². The van der Waals surface area contributed by atoms with Crippen LogP contribution in [0.1, 0.15) is 29.0 Å². The van der Waals surface area contributed by atoms with Gasteiger partial charge in [0.15, 0.2) is 18.1 Å². The van der Waals surface area contributed by atoms with E-state index >= 15 is 0 Å². The Kier molecular flexibility index (Phi) is 4.91. The van der Waals surface area contributed by atoms with E-state index in [1.807, 2.05) is 6.92 Å². The van der Waals surface area contributed by atoms with Gasteiger partial charge in [-0.2, -0.15) is 0 Å². The van der Waals surface area contributed by atoms with Crippen LogP contribution in [0.3, 0.4) is 0 Å². The molecule has 1 amide bonds. The van der Waals surface area contributed by atoms with E-state index in [4.69, 9.17) is 24.4 Å². The standard InChI is InChI=1S/C22H19NO7/c1-11-7-19(25)30-22-13(11)4-6-16-21(22)14(9-20(26)29-16)12-3-5-15(27-2)17(8-12)28-10-18(23)24/h3-8,14H,9-10H2,1-2H3,(H2,23,24). The third-order valence-electron chi connectivity index (χ3n) is 5.02. The molecule has 2 N–H and O–H groups in total. The van der Waals surface area contributed by atoms with Crippen molar-refractivity contribution in [2.75, 3.05) is 13.7 Å². The molecule has 1 aliphatic heterocycles. The molecule has 0 aliphatic carbocycles. The smallest absolute Gasteiger partial charge is 0.336 e. The quantitative estimate of drug-likeness (QED) is 0.390. The fourth-order valence-corrected chi connectivity index (χ4v) is 3.69. The van der Waals surface area contributed by atoms with Crippen molar-refractivity contribution in [1.29, 1.82) is 0 Å². The lowest BCUT2D eigenvalue weighted by molar-refractivity contribution is -0.135. The zero-order chi connectivity index (χ0) is 21.4. The maximum atomic E-state index is 12.3. The first-order valence-electron chi connectivity index (χ1n) is 9.24. The van der Waals surface area contributed by atoms with Gasteiger partial charge in [0.1, 0.15) is 11.3 Å². The first kappa shape index (κ1) is 19.5. The van der Waals surface area contributed by atoms with Crippen LogP contribution < -0.4 is 25.6 Å². The summed E-state index contributed by atoms with van der Waals surface area (Å²) in [5.41, 5.74) is 7.16. The van der Waals surface area contributed by atoms with Gasteiger partial charge in [0.2, 0.25) is 0 Å². The highest BCUT2D eigenvalue weighted by Crippen LogP contribution is 2.44. The second kappa shape index (κ2) is 7.55. The van der Waals surface area contributed by atoms with Crippen LogP contribution in [0.25, 0.3) is 11.0 Å². The minimum Gasteiger partial charge on any atom is -0.493 e. The number of ether oxygens (including phenoxy) is 3. The second-order valence-corrected chi connectivity index (χ2v) is 7.00. The number of benzene rings is 2. The molecular weight excluding hydrogens is 390 g/mol. The number of methoxy groups -OCH3 is 1. The molecule has 0 spiro atoms. The number of hydrogen-bond acceptors (Lipinski definition) is 7. The zero-order valence-electron chi connectivity index (χ0n) is 16.4. The number of nitrogens with two attached hydrogens (primary N) is 1. The van der Waals surface area contributed by atoms with Crippen LogP contribution in [0, 0.1) is 6.92 Å². The van der Waals surface area contributed by atoms with E-state index in [0.29, 0.717) is 34.0 Å². The van der Waals surface area contributed by atoms with Crippen LogP contribution in [0.5, 0.6) is 17.2 Å². The highest BCUT2D eigenvalue weighted by atomic mass is 16.5. The van der Waals surface area contributed by atoms with Crippen LogP contribution in [0.15, 0.2) is 45.6 Å². The van der Waals surface area contributed by atoms with Crippen LogP contribution in [0.4, 0.5) is 0 Å². The molecule has 154 valence electrons. The second-order valence-electron chi connectivity index (χ2n) is 7.00. The Morgan fingerprint density at radius 3 is 2.70 bits per heavy atom. The SMILES string of the molecule is COc1ccc(C2CC(=O)Oc3ccc4c(C)cc(=O)oc4c32)cc1OCC(N)=O. The minimum absolute atomic E-state index is 0.0470. The van der Waals surface area contributed by atoms with Gasteiger partial charge >= 0.3 is 11.6 Å². The molecule has 1 unspecified atom stereocenters. The number of amides is 1. The molecule has 1 aliphatic rings. The molecule has 8 nitrogen and oxygen atoms in total. The van der Waals surface area contributed by atoms with E-state index in [2.05, 4.69) is 0 Å². The number of aryl methyl sites for hydroxylation is 1. The Morgan fingerprint density at radius 1 is 1.17 bits per heavy atom. The lowest BCUT2D eigenvalue weighted by atomic mass is 9.85. The molecule has 0 radical (unpaired) electrons. The first-order chi connectivity index (χ1) is 14.4. The molecule has 0 saturated heterocycles. The largest absolute Gasteiger partial charge is 0.493 e. The van der Waals surface area contributed by atoms with Crippen molar-refractivity contribution in [2.45, 2.75) is 19.3 Å². The van der Waals surface area contributed by atoms with E-state index in [0.717, 1.165) is 10.9 Å². The van der Waals surface area contributed by atoms with Crippen molar-refractivity contribution in [1.82, 2.24) is 0 Å². The number of rotatable bonds is 5. The summed E-state index contributed by atoms with van der Waals surface area (Å²) >= 11 is 0. The van der Waals surface area contributed by atoms with Crippen LogP contribution in [-0.2, 0) is 9.59 Å². The average molecular weight is 409 g/mol. The summed E-state index contributed by atoms with van der Waals surface area (Å²) in [6, 6.07) is 10.0. The molecule has 2 heterocycles. The van der Waals surface area contributed by atoms with Crippen LogP contribution in [0.2, 0.25) is 0 Å². The van der Waals surface area contributed by atoms with Gasteiger partial charge in [-0.05, 0) is 42.3 Å². The summed E-state index contributed by atoms with van der Waals surface area (Å²) in [4.78, 5) is 35.4. The number of hydrogen-bond donors (Lipinski definition) is 1. The topological polar surface area (TPSA) is 118 Å². The predicted octanol–water partition coefficient (Wildman–Crippen LogP) is 2.42. The monoisotopic (exact) mass is 409 g/mol. The van der Waals surface area contributed by atoms with Crippen molar-refractivity contribution in [3.8, 4) is 17.2 Å². The highest BCUT2D eigenvalue weighted by Gasteiger charge is 2.32. The Balaban J connectivity index is 1.90. The lowest BCUT2D eigenvalue weighted by Gasteiger charge is -2.26. The fourth-order valence-electron chi connectivity index (χ4n) is 3.69. The molecule has 4 rings (SSSR count). The maximum absolute atomic E-state index is 12.3. The molecule has 30 heavy (non-hydrogen) atoms. The summed E-state index contributed by atoms with van der Waals surface area (Å²) in [6.45, 7) is 1.50. The van der Waals surface area contributed by atoms with E-state index < -0.39 is 23.4 Å². The Hall–Kier alpha value is -3.81. The van der Waals surface area contributed by atoms with Crippen molar-refractivity contribution in [3.05, 3.63) is 63.5 Å². The molecule has 0 saturated carbocycles. The van der Waals surface area contributed by atoms with Gasteiger partial charge in [0.05, 0.1) is 13.5 Å². The normalized spacial score (nSPS) is 15.4. The summed E-state index contributed by atoms with van der Waals surface area (Å²) in [6.07, 6.45) is 0.0470. The summed E-state index contributed by atoms with van der Waals surface area (Å²) < 4.78 is 21.7. The van der Waals surface area contributed by atoms with Crippen molar-refractivity contribution >= 4 is 22.8 Å². The molecule has 1 atom stereocenters. The van der Waals surface area contributed by atoms with Crippen LogP contribution >= 0.6 is 0 Å².